The first-order chi connectivity index (χ1) is 5.96. The molecule has 1 atom stereocenters. The van der Waals surface area contributed by atoms with Gasteiger partial charge < -0.3 is 4.90 Å². The van der Waals surface area contributed by atoms with Gasteiger partial charge in [-0.05, 0) is 44.6 Å². The fourth-order valence-electron chi connectivity index (χ4n) is 2.22. The largest absolute Gasteiger partial charge is 0.300 e. The van der Waals surface area contributed by atoms with Crippen molar-refractivity contribution in [2.45, 2.75) is 53.5 Å². The van der Waals surface area contributed by atoms with Crippen LogP contribution in [0.2, 0.25) is 0 Å². The third-order valence-corrected chi connectivity index (χ3v) is 3.88. The van der Waals surface area contributed by atoms with Gasteiger partial charge in [-0.25, -0.2) is 0 Å². The first kappa shape index (κ1) is 11.0. The molecule has 1 saturated heterocycles. The number of hydrogen-bond acceptors (Lipinski definition) is 1. The van der Waals surface area contributed by atoms with Gasteiger partial charge >= 0.3 is 0 Å². The highest BCUT2D eigenvalue weighted by atomic mass is 15.2. The van der Waals surface area contributed by atoms with Gasteiger partial charge in [-0.2, -0.15) is 0 Å². The van der Waals surface area contributed by atoms with E-state index in [0.717, 1.165) is 12.0 Å². The van der Waals surface area contributed by atoms with Crippen LogP contribution in [0.15, 0.2) is 0 Å². The minimum absolute atomic E-state index is 0.558. The molecule has 1 nitrogen and oxygen atoms in total. The second-order valence-electron chi connectivity index (χ2n) is 5.48. The van der Waals surface area contributed by atoms with Gasteiger partial charge in [-0.15, -0.1) is 0 Å². The Morgan fingerprint density at radius 3 is 2.23 bits per heavy atom. The minimum Gasteiger partial charge on any atom is -0.300 e. The van der Waals surface area contributed by atoms with Crippen molar-refractivity contribution in [3.8, 4) is 0 Å². The Morgan fingerprint density at radius 1 is 1.15 bits per heavy atom. The molecular weight excluding hydrogens is 158 g/mol. The van der Waals surface area contributed by atoms with Gasteiger partial charge in [0.05, 0.1) is 0 Å². The predicted molar refractivity (Wildman–Crippen MR) is 58.9 cm³/mol. The maximum absolute atomic E-state index is 2.63. The minimum atomic E-state index is 0.558. The normalized spacial score (nSPS) is 31.6. The molecule has 0 radical (unpaired) electrons. The van der Waals surface area contributed by atoms with E-state index in [1.165, 1.54) is 25.9 Å². The average molecular weight is 183 g/mol. The maximum atomic E-state index is 2.63. The quantitative estimate of drug-likeness (QED) is 0.635. The van der Waals surface area contributed by atoms with Crippen LogP contribution in [0.5, 0.6) is 0 Å². The van der Waals surface area contributed by atoms with E-state index in [4.69, 9.17) is 0 Å². The van der Waals surface area contributed by atoms with Crippen molar-refractivity contribution < 1.29 is 0 Å². The molecule has 0 aromatic heterocycles. The highest BCUT2D eigenvalue weighted by Gasteiger charge is 2.34. The van der Waals surface area contributed by atoms with E-state index < -0.39 is 0 Å². The number of likely N-dealkylation sites (tertiary alicyclic amines) is 1. The van der Waals surface area contributed by atoms with Gasteiger partial charge in [0.15, 0.2) is 0 Å². The van der Waals surface area contributed by atoms with Crippen molar-refractivity contribution in [1.82, 2.24) is 4.90 Å². The first-order valence-electron chi connectivity index (χ1n) is 5.70. The molecule has 1 heteroatoms. The number of hydrogen-bond donors (Lipinski definition) is 0. The maximum Gasteiger partial charge on any atom is 0.00405 e. The second-order valence-corrected chi connectivity index (χ2v) is 5.48. The molecule has 1 aliphatic rings. The Bertz CT molecular complexity index is 163. The van der Waals surface area contributed by atoms with Crippen LogP contribution in [0.25, 0.3) is 0 Å². The lowest BCUT2D eigenvalue weighted by Crippen LogP contribution is -2.47. The zero-order valence-electron chi connectivity index (χ0n) is 9.93. The van der Waals surface area contributed by atoms with Gasteiger partial charge in [-0.3, -0.25) is 0 Å². The Kier molecular flexibility index (Phi) is 3.39. The van der Waals surface area contributed by atoms with Gasteiger partial charge in [0.1, 0.15) is 0 Å². The molecule has 13 heavy (non-hydrogen) atoms. The lowest BCUT2D eigenvalue weighted by molar-refractivity contribution is 0.0450. The summed E-state index contributed by atoms with van der Waals surface area (Å²) in [4.78, 5) is 2.63. The van der Waals surface area contributed by atoms with Crippen LogP contribution in [0, 0.1) is 11.3 Å². The van der Waals surface area contributed by atoms with Crippen LogP contribution in [0.1, 0.15) is 47.5 Å². The van der Waals surface area contributed by atoms with Crippen molar-refractivity contribution in [2.75, 3.05) is 13.1 Å². The summed E-state index contributed by atoms with van der Waals surface area (Å²) in [5.41, 5.74) is 0.558. The lowest BCUT2D eigenvalue weighted by atomic mass is 9.73. The molecule has 0 aromatic carbocycles. The first-order valence-corrected chi connectivity index (χ1v) is 5.70. The van der Waals surface area contributed by atoms with E-state index in [2.05, 4.69) is 39.5 Å². The van der Waals surface area contributed by atoms with E-state index >= 15 is 0 Å². The molecule has 1 heterocycles. The summed E-state index contributed by atoms with van der Waals surface area (Å²) < 4.78 is 0. The third kappa shape index (κ3) is 2.46. The molecule has 78 valence electrons. The molecule has 0 aliphatic carbocycles. The smallest absolute Gasteiger partial charge is 0.00405 e. The summed E-state index contributed by atoms with van der Waals surface area (Å²) in [7, 11) is 0. The zero-order chi connectivity index (χ0) is 10.1. The molecule has 1 aliphatic heterocycles. The topological polar surface area (TPSA) is 3.24 Å². The van der Waals surface area contributed by atoms with Gasteiger partial charge in [0.2, 0.25) is 0 Å². The average Bonchev–Trinajstić information content (AvgIpc) is 2.04. The third-order valence-electron chi connectivity index (χ3n) is 3.88. The van der Waals surface area contributed by atoms with E-state index in [1.807, 2.05) is 0 Å². The van der Waals surface area contributed by atoms with Gasteiger partial charge in [0, 0.05) is 12.6 Å². The summed E-state index contributed by atoms with van der Waals surface area (Å²) in [6, 6.07) is 0.721. The Morgan fingerprint density at radius 2 is 1.77 bits per heavy atom. The van der Waals surface area contributed by atoms with E-state index in [1.54, 1.807) is 0 Å². The number of rotatable bonds is 2. The van der Waals surface area contributed by atoms with Crippen LogP contribution in [-0.2, 0) is 0 Å². The molecule has 0 aromatic rings. The van der Waals surface area contributed by atoms with Gasteiger partial charge in [-0.1, -0.05) is 20.8 Å². The van der Waals surface area contributed by atoms with Crippen LogP contribution in [-0.4, -0.2) is 24.0 Å². The highest BCUT2D eigenvalue weighted by molar-refractivity contribution is 4.86. The fourth-order valence-corrected chi connectivity index (χ4v) is 2.22. The summed E-state index contributed by atoms with van der Waals surface area (Å²) in [6.07, 6.45) is 2.79. The SMILES string of the molecule is CC(C)N1CCCC(C)(C(C)C)C1. The Hall–Kier alpha value is -0.0400. The van der Waals surface area contributed by atoms with Crippen molar-refractivity contribution in [2.24, 2.45) is 11.3 Å². The number of piperidine rings is 1. The van der Waals surface area contributed by atoms with Crippen LogP contribution < -0.4 is 0 Å². The Balaban J connectivity index is 2.60. The molecule has 0 bridgehead atoms. The lowest BCUT2D eigenvalue weighted by Gasteiger charge is -2.45. The molecule has 1 unspecified atom stereocenters. The molecule has 1 rings (SSSR count). The molecule has 0 spiro atoms. The highest BCUT2D eigenvalue weighted by Crippen LogP contribution is 2.36. The zero-order valence-corrected chi connectivity index (χ0v) is 9.93. The molecule has 0 amide bonds. The summed E-state index contributed by atoms with van der Waals surface area (Å²) in [5, 5.41) is 0. The van der Waals surface area contributed by atoms with Crippen molar-refractivity contribution in [1.29, 1.82) is 0 Å². The van der Waals surface area contributed by atoms with E-state index in [-0.39, 0.29) is 0 Å². The van der Waals surface area contributed by atoms with Crippen molar-refractivity contribution in [3.05, 3.63) is 0 Å². The van der Waals surface area contributed by atoms with Crippen LogP contribution in [0.3, 0.4) is 0 Å². The second kappa shape index (κ2) is 4.00. The van der Waals surface area contributed by atoms with Crippen LogP contribution in [0.4, 0.5) is 0 Å². The summed E-state index contributed by atoms with van der Waals surface area (Å²) in [5.74, 6) is 0.814. The van der Waals surface area contributed by atoms with E-state index in [9.17, 15) is 0 Å². The van der Waals surface area contributed by atoms with Gasteiger partial charge in [0.25, 0.3) is 0 Å². The molecule has 0 N–H and O–H groups in total. The van der Waals surface area contributed by atoms with Crippen LogP contribution >= 0.6 is 0 Å². The fraction of sp³-hybridized carbons (Fsp3) is 1.00. The van der Waals surface area contributed by atoms with Crippen molar-refractivity contribution in [3.63, 3.8) is 0 Å². The summed E-state index contributed by atoms with van der Waals surface area (Å²) >= 11 is 0. The molecule has 0 saturated carbocycles. The predicted octanol–water partition coefficient (Wildman–Crippen LogP) is 3.15. The Labute approximate surface area is 83.5 Å². The summed E-state index contributed by atoms with van der Waals surface area (Å²) in [6.45, 7) is 14.4. The standard InChI is InChI=1S/C12H25N/c1-10(2)12(5)7-6-8-13(9-12)11(3)4/h10-11H,6-9H2,1-5H3. The molecular formula is C12H25N. The number of nitrogens with zero attached hydrogens (tertiary/aromatic N) is 1. The monoisotopic (exact) mass is 183 g/mol. The molecule has 1 fully saturated rings. The van der Waals surface area contributed by atoms with Crippen molar-refractivity contribution >= 4 is 0 Å². The van der Waals surface area contributed by atoms with E-state index in [0.29, 0.717) is 5.41 Å².